The van der Waals surface area contributed by atoms with Crippen molar-refractivity contribution in [2.24, 2.45) is 0 Å². The van der Waals surface area contributed by atoms with Crippen LogP contribution in [0.5, 0.6) is 0 Å². The maximum absolute atomic E-state index is 12.4. The summed E-state index contributed by atoms with van der Waals surface area (Å²) in [7, 11) is 0. The second kappa shape index (κ2) is 7.11. The lowest BCUT2D eigenvalue weighted by atomic mass is 10.1. The molecule has 2 fully saturated rings. The van der Waals surface area contributed by atoms with Crippen LogP contribution in [0.2, 0.25) is 0 Å². The van der Waals surface area contributed by atoms with Crippen LogP contribution in [0.4, 0.5) is 4.79 Å². The van der Waals surface area contributed by atoms with Crippen molar-refractivity contribution in [2.75, 3.05) is 19.7 Å². The summed E-state index contributed by atoms with van der Waals surface area (Å²) in [6.07, 6.45) is 3.62. The summed E-state index contributed by atoms with van der Waals surface area (Å²) in [5, 5.41) is 13.3. The number of carbonyl (C=O) groups excluding carboxylic acids is 1. The number of carbonyl (C=O) groups is 1. The monoisotopic (exact) mass is 304 g/mol. The molecule has 1 aliphatic carbocycles. The standard InChI is InChI=1S/C17H24N2O3/c20-16(13-5-2-1-3-6-13)12-19(14-8-9-14)17(21)18-11-15-7-4-10-22-15/h1-3,5-6,14-16,20H,4,7-12H2,(H,18,21)/t15-,16+/m1/s1. The van der Waals surface area contributed by atoms with Gasteiger partial charge in [-0.15, -0.1) is 0 Å². The number of nitrogens with one attached hydrogen (secondary N) is 1. The van der Waals surface area contributed by atoms with E-state index in [2.05, 4.69) is 5.32 Å². The first-order valence-corrected chi connectivity index (χ1v) is 8.13. The number of benzene rings is 1. The lowest BCUT2D eigenvalue weighted by Gasteiger charge is -2.26. The van der Waals surface area contributed by atoms with E-state index >= 15 is 0 Å². The van der Waals surface area contributed by atoms with Crippen LogP contribution >= 0.6 is 0 Å². The maximum Gasteiger partial charge on any atom is 0.317 e. The third-order valence-corrected chi connectivity index (χ3v) is 4.31. The number of amides is 2. The van der Waals surface area contributed by atoms with Crippen molar-refractivity contribution in [3.8, 4) is 0 Å². The Labute approximate surface area is 131 Å². The molecular weight excluding hydrogens is 280 g/mol. The minimum absolute atomic E-state index is 0.0898. The molecule has 0 aromatic heterocycles. The van der Waals surface area contributed by atoms with Gasteiger partial charge in [0.1, 0.15) is 0 Å². The first-order valence-electron chi connectivity index (χ1n) is 8.13. The van der Waals surface area contributed by atoms with Crippen molar-refractivity contribution >= 4 is 6.03 Å². The van der Waals surface area contributed by atoms with Gasteiger partial charge in [-0.3, -0.25) is 0 Å². The van der Waals surface area contributed by atoms with Gasteiger partial charge in [0, 0.05) is 19.2 Å². The molecule has 2 N–H and O–H groups in total. The number of urea groups is 1. The molecule has 2 aliphatic rings. The first kappa shape index (κ1) is 15.3. The molecule has 1 aromatic rings. The van der Waals surface area contributed by atoms with Gasteiger partial charge in [-0.1, -0.05) is 30.3 Å². The minimum Gasteiger partial charge on any atom is -0.387 e. The normalized spacial score (nSPS) is 22.3. The zero-order valence-electron chi connectivity index (χ0n) is 12.8. The topological polar surface area (TPSA) is 61.8 Å². The van der Waals surface area contributed by atoms with E-state index in [1.165, 1.54) is 0 Å². The molecule has 1 heterocycles. The molecule has 1 saturated heterocycles. The number of hydrogen-bond donors (Lipinski definition) is 2. The molecule has 2 amide bonds. The van der Waals surface area contributed by atoms with Crippen LogP contribution in [0.25, 0.3) is 0 Å². The molecule has 5 nitrogen and oxygen atoms in total. The van der Waals surface area contributed by atoms with Gasteiger partial charge < -0.3 is 20.1 Å². The van der Waals surface area contributed by atoms with Crippen molar-refractivity contribution in [2.45, 2.75) is 43.9 Å². The van der Waals surface area contributed by atoms with Gasteiger partial charge >= 0.3 is 6.03 Å². The van der Waals surface area contributed by atoms with Crippen molar-refractivity contribution in [3.63, 3.8) is 0 Å². The summed E-state index contributed by atoms with van der Waals surface area (Å²) < 4.78 is 5.53. The van der Waals surface area contributed by atoms with Crippen molar-refractivity contribution in [3.05, 3.63) is 35.9 Å². The van der Waals surface area contributed by atoms with Gasteiger partial charge in [-0.25, -0.2) is 4.79 Å². The van der Waals surface area contributed by atoms with Crippen molar-refractivity contribution < 1.29 is 14.6 Å². The molecule has 1 saturated carbocycles. The largest absolute Gasteiger partial charge is 0.387 e. The molecule has 0 spiro atoms. The highest BCUT2D eigenvalue weighted by molar-refractivity contribution is 5.75. The van der Waals surface area contributed by atoms with Gasteiger partial charge in [0.15, 0.2) is 0 Å². The Bertz CT molecular complexity index is 484. The zero-order valence-corrected chi connectivity index (χ0v) is 12.8. The van der Waals surface area contributed by atoms with E-state index < -0.39 is 6.10 Å². The molecule has 1 aromatic carbocycles. The summed E-state index contributed by atoms with van der Waals surface area (Å²) >= 11 is 0. The van der Waals surface area contributed by atoms with E-state index in [0.717, 1.165) is 37.9 Å². The van der Waals surface area contributed by atoms with Gasteiger partial charge in [0.2, 0.25) is 0 Å². The molecule has 0 bridgehead atoms. The van der Waals surface area contributed by atoms with Gasteiger partial charge in [-0.2, -0.15) is 0 Å². The second-order valence-corrected chi connectivity index (χ2v) is 6.13. The van der Waals surface area contributed by atoms with Gasteiger partial charge in [0.05, 0.1) is 18.8 Å². The van der Waals surface area contributed by atoms with Gasteiger partial charge in [0.25, 0.3) is 0 Å². The van der Waals surface area contributed by atoms with E-state index in [0.29, 0.717) is 13.1 Å². The quantitative estimate of drug-likeness (QED) is 0.846. The number of aliphatic hydroxyl groups excluding tert-OH is 1. The predicted octanol–water partition coefficient (Wildman–Crippen LogP) is 2.07. The fourth-order valence-electron chi connectivity index (χ4n) is 2.86. The minimum atomic E-state index is -0.643. The summed E-state index contributed by atoms with van der Waals surface area (Å²) in [5.74, 6) is 0. The molecular formula is C17H24N2O3. The third kappa shape index (κ3) is 3.99. The highest BCUT2D eigenvalue weighted by atomic mass is 16.5. The summed E-state index contributed by atoms with van der Waals surface area (Å²) in [5.41, 5.74) is 0.847. The lowest BCUT2D eigenvalue weighted by molar-refractivity contribution is 0.100. The van der Waals surface area contributed by atoms with Gasteiger partial charge in [-0.05, 0) is 31.2 Å². The summed E-state index contributed by atoms with van der Waals surface area (Å²) in [4.78, 5) is 14.2. The Morgan fingerprint density at radius 1 is 1.32 bits per heavy atom. The van der Waals surface area contributed by atoms with Crippen LogP contribution in [0, 0.1) is 0 Å². The Morgan fingerprint density at radius 3 is 2.73 bits per heavy atom. The van der Waals surface area contributed by atoms with Crippen LogP contribution < -0.4 is 5.32 Å². The number of nitrogens with zero attached hydrogens (tertiary/aromatic N) is 1. The molecule has 2 atom stereocenters. The third-order valence-electron chi connectivity index (χ3n) is 4.31. The van der Waals surface area contributed by atoms with Crippen LogP contribution in [-0.4, -0.2) is 47.9 Å². The number of ether oxygens (including phenoxy) is 1. The highest BCUT2D eigenvalue weighted by Gasteiger charge is 2.34. The van der Waals surface area contributed by atoms with Crippen LogP contribution in [0.15, 0.2) is 30.3 Å². The molecule has 120 valence electrons. The first-order chi connectivity index (χ1) is 10.7. The lowest BCUT2D eigenvalue weighted by Crippen LogP contribution is -2.45. The molecule has 5 heteroatoms. The van der Waals surface area contributed by atoms with E-state index in [9.17, 15) is 9.90 Å². The highest BCUT2D eigenvalue weighted by Crippen LogP contribution is 2.29. The average Bonchev–Trinajstić information content (AvgIpc) is 3.26. The fourth-order valence-corrected chi connectivity index (χ4v) is 2.86. The summed E-state index contributed by atoms with van der Waals surface area (Å²) in [6.45, 7) is 1.69. The van der Waals surface area contributed by atoms with E-state index in [1.807, 2.05) is 30.3 Å². The number of hydrogen-bond acceptors (Lipinski definition) is 3. The molecule has 0 radical (unpaired) electrons. The second-order valence-electron chi connectivity index (χ2n) is 6.13. The Hall–Kier alpha value is -1.59. The molecule has 3 rings (SSSR count). The summed E-state index contributed by atoms with van der Waals surface area (Å²) in [6, 6.07) is 9.67. The Kier molecular flexibility index (Phi) is 4.95. The van der Waals surface area contributed by atoms with E-state index in [1.54, 1.807) is 4.90 Å². The van der Waals surface area contributed by atoms with E-state index in [-0.39, 0.29) is 18.2 Å². The smallest absolute Gasteiger partial charge is 0.317 e. The van der Waals surface area contributed by atoms with Crippen LogP contribution in [0.1, 0.15) is 37.4 Å². The van der Waals surface area contributed by atoms with E-state index in [4.69, 9.17) is 4.74 Å². The Morgan fingerprint density at radius 2 is 2.09 bits per heavy atom. The van der Waals surface area contributed by atoms with Crippen LogP contribution in [0.3, 0.4) is 0 Å². The molecule has 0 unspecified atom stereocenters. The van der Waals surface area contributed by atoms with Crippen LogP contribution in [-0.2, 0) is 4.74 Å². The zero-order chi connectivity index (χ0) is 15.4. The van der Waals surface area contributed by atoms with Crippen molar-refractivity contribution in [1.29, 1.82) is 0 Å². The molecule has 22 heavy (non-hydrogen) atoms. The SMILES string of the molecule is O=C(NC[C@H]1CCCO1)N(C[C@H](O)c1ccccc1)C1CC1. The number of aliphatic hydroxyl groups is 1. The fraction of sp³-hybridized carbons (Fsp3) is 0.588. The average molecular weight is 304 g/mol. The predicted molar refractivity (Wildman–Crippen MR) is 83.5 cm³/mol. The molecule has 1 aliphatic heterocycles. The Balaban J connectivity index is 1.54. The maximum atomic E-state index is 12.4. The number of rotatable bonds is 6. The van der Waals surface area contributed by atoms with Crippen molar-refractivity contribution in [1.82, 2.24) is 10.2 Å².